The van der Waals surface area contributed by atoms with Gasteiger partial charge in [0.25, 0.3) is 0 Å². The lowest BCUT2D eigenvalue weighted by Gasteiger charge is -2.43. The third kappa shape index (κ3) is 1.63. The van der Waals surface area contributed by atoms with Crippen molar-refractivity contribution < 1.29 is 19.5 Å². The van der Waals surface area contributed by atoms with Gasteiger partial charge in [-0.3, -0.25) is 19.3 Å². The number of carbonyl (C=O) groups excluding carboxylic acids is 2. The number of imide groups is 1. The summed E-state index contributed by atoms with van der Waals surface area (Å²) >= 11 is 0. The Morgan fingerprint density at radius 2 is 1.79 bits per heavy atom. The molecule has 0 spiro atoms. The highest BCUT2D eigenvalue weighted by atomic mass is 16.4. The van der Waals surface area contributed by atoms with E-state index in [1.54, 1.807) is 0 Å². The highest BCUT2D eigenvalue weighted by molar-refractivity contribution is 6.10. The van der Waals surface area contributed by atoms with E-state index in [0.29, 0.717) is 6.54 Å². The Kier molecular flexibility index (Phi) is 2.38. The molecule has 3 aliphatic rings. The molecule has 1 aliphatic heterocycles. The van der Waals surface area contributed by atoms with Crippen LogP contribution in [0.4, 0.5) is 0 Å². The molecule has 2 aliphatic carbocycles. The Balaban J connectivity index is 1.73. The monoisotopic (exact) mass is 265 g/mol. The number of carboxylic acid groups (broad SMARTS) is 1. The van der Waals surface area contributed by atoms with Crippen LogP contribution in [0.15, 0.2) is 0 Å². The maximum atomic E-state index is 12.2. The molecule has 0 radical (unpaired) electrons. The van der Waals surface area contributed by atoms with E-state index in [0.717, 1.165) is 19.3 Å². The third-order valence-electron chi connectivity index (χ3n) is 5.33. The lowest BCUT2D eigenvalue weighted by atomic mass is 9.66. The van der Waals surface area contributed by atoms with Gasteiger partial charge in [-0.15, -0.1) is 0 Å². The van der Waals surface area contributed by atoms with Gasteiger partial charge < -0.3 is 5.11 Å². The van der Waals surface area contributed by atoms with Crippen LogP contribution in [0.5, 0.6) is 0 Å². The second-order valence-electron chi connectivity index (χ2n) is 6.96. The van der Waals surface area contributed by atoms with Crippen LogP contribution in [0.25, 0.3) is 0 Å². The number of likely N-dealkylation sites (tertiary alicyclic amines) is 1. The summed E-state index contributed by atoms with van der Waals surface area (Å²) in [5.41, 5.74) is -0.553. The molecule has 1 N–H and O–H groups in total. The molecule has 2 atom stereocenters. The van der Waals surface area contributed by atoms with Gasteiger partial charge in [0.05, 0.1) is 18.3 Å². The first kappa shape index (κ1) is 12.6. The SMILES string of the molecule is CC1(C)C2C(=O)N(CC3(CC(=O)O)CCC3)C(=O)C21. The molecule has 19 heavy (non-hydrogen) atoms. The fourth-order valence-electron chi connectivity index (χ4n) is 3.88. The lowest BCUT2D eigenvalue weighted by molar-refractivity contribution is -0.151. The fourth-order valence-corrected chi connectivity index (χ4v) is 3.88. The summed E-state index contributed by atoms with van der Waals surface area (Å²) < 4.78 is 0. The van der Waals surface area contributed by atoms with Crippen molar-refractivity contribution in [2.24, 2.45) is 22.7 Å². The minimum absolute atomic E-state index is 0.0583. The zero-order valence-electron chi connectivity index (χ0n) is 11.3. The predicted octanol–water partition coefficient (Wildman–Crippen LogP) is 1.27. The number of nitrogens with zero attached hydrogens (tertiary/aromatic N) is 1. The number of rotatable bonds is 4. The Morgan fingerprint density at radius 3 is 2.16 bits per heavy atom. The second kappa shape index (κ2) is 3.58. The normalized spacial score (nSPS) is 33.9. The first-order valence-corrected chi connectivity index (χ1v) is 6.86. The molecule has 3 rings (SSSR count). The first-order valence-electron chi connectivity index (χ1n) is 6.86. The van der Waals surface area contributed by atoms with Gasteiger partial charge in [-0.2, -0.15) is 0 Å². The van der Waals surface area contributed by atoms with E-state index in [1.807, 2.05) is 13.8 Å². The van der Waals surface area contributed by atoms with Gasteiger partial charge in [0, 0.05) is 6.54 Å². The number of carbonyl (C=O) groups is 3. The molecule has 0 aromatic rings. The van der Waals surface area contributed by atoms with Crippen LogP contribution in [-0.2, 0) is 14.4 Å². The van der Waals surface area contributed by atoms with E-state index < -0.39 is 5.97 Å². The van der Waals surface area contributed by atoms with Crippen molar-refractivity contribution in [1.29, 1.82) is 0 Å². The molecule has 104 valence electrons. The maximum Gasteiger partial charge on any atom is 0.303 e. The van der Waals surface area contributed by atoms with Gasteiger partial charge in [-0.25, -0.2) is 0 Å². The molecule has 2 amide bonds. The van der Waals surface area contributed by atoms with Crippen LogP contribution in [0.2, 0.25) is 0 Å². The van der Waals surface area contributed by atoms with E-state index in [2.05, 4.69) is 0 Å². The standard InChI is InChI=1S/C14H19NO4/c1-13(2)9-10(13)12(19)15(11(9)18)7-14(4-3-5-14)6-8(16)17/h9-10H,3-7H2,1-2H3,(H,16,17). The molecule has 3 fully saturated rings. The van der Waals surface area contributed by atoms with Gasteiger partial charge in [0.2, 0.25) is 11.8 Å². The molecule has 2 unspecified atom stereocenters. The summed E-state index contributed by atoms with van der Waals surface area (Å²) in [6, 6.07) is 0. The number of aliphatic carboxylic acids is 1. The highest BCUT2D eigenvalue weighted by Gasteiger charge is 2.72. The van der Waals surface area contributed by atoms with Crippen molar-refractivity contribution >= 4 is 17.8 Å². The molecular weight excluding hydrogens is 246 g/mol. The summed E-state index contributed by atoms with van der Waals surface area (Å²) in [4.78, 5) is 36.7. The number of carboxylic acids is 1. The van der Waals surface area contributed by atoms with E-state index in [1.165, 1.54) is 4.90 Å². The Hall–Kier alpha value is -1.39. The van der Waals surface area contributed by atoms with Crippen molar-refractivity contribution in [3.8, 4) is 0 Å². The van der Waals surface area contributed by atoms with Gasteiger partial charge >= 0.3 is 5.97 Å². The van der Waals surface area contributed by atoms with E-state index in [-0.39, 0.29) is 40.9 Å². The Morgan fingerprint density at radius 1 is 1.26 bits per heavy atom. The quantitative estimate of drug-likeness (QED) is 0.777. The molecule has 2 saturated carbocycles. The summed E-state index contributed by atoms with van der Waals surface area (Å²) in [5.74, 6) is -1.35. The van der Waals surface area contributed by atoms with Crippen LogP contribution in [0.3, 0.4) is 0 Å². The molecule has 1 heterocycles. The topological polar surface area (TPSA) is 74.7 Å². The number of hydrogen-bond acceptors (Lipinski definition) is 3. The van der Waals surface area contributed by atoms with Crippen LogP contribution in [0, 0.1) is 22.7 Å². The first-order chi connectivity index (χ1) is 8.78. The van der Waals surface area contributed by atoms with Gasteiger partial charge in [0.15, 0.2) is 0 Å². The molecular formula is C14H19NO4. The summed E-state index contributed by atoms with van der Waals surface area (Å²) in [6.45, 7) is 4.21. The molecule has 0 aromatic heterocycles. The van der Waals surface area contributed by atoms with Gasteiger partial charge in [0.1, 0.15) is 0 Å². The highest BCUT2D eigenvalue weighted by Crippen LogP contribution is 2.63. The predicted molar refractivity (Wildman–Crippen MR) is 66.0 cm³/mol. The zero-order valence-corrected chi connectivity index (χ0v) is 11.3. The Labute approximate surface area is 112 Å². The second-order valence-corrected chi connectivity index (χ2v) is 6.96. The average Bonchev–Trinajstić information content (AvgIpc) is 2.72. The molecule has 0 aromatic carbocycles. The van der Waals surface area contributed by atoms with Crippen LogP contribution >= 0.6 is 0 Å². The fraction of sp³-hybridized carbons (Fsp3) is 0.786. The summed E-state index contributed by atoms with van der Waals surface area (Å²) in [7, 11) is 0. The third-order valence-corrected chi connectivity index (χ3v) is 5.33. The number of fused-ring (bicyclic) bond motifs is 1. The van der Waals surface area contributed by atoms with Gasteiger partial charge in [-0.1, -0.05) is 20.3 Å². The minimum atomic E-state index is -0.843. The summed E-state index contributed by atoms with van der Waals surface area (Å²) in [5, 5.41) is 8.98. The van der Waals surface area contributed by atoms with E-state index >= 15 is 0 Å². The molecule has 5 heteroatoms. The number of hydrogen-bond donors (Lipinski definition) is 1. The van der Waals surface area contributed by atoms with E-state index in [4.69, 9.17) is 5.11 Å². The molecule has 1 saturated heterocycles. The van der Waals surface area contributed by atoms with Crippen molar-refractivity contribution in [2.75, 3.05) is 6.54 Å². The molecule has 5 nitrogen and oxygen atoms in total. The van der Waals surface area contributed by atoms with Crippen LogP contribution in [-0.4, -0.2) is 34.3 Å². The Bertz CT molecular complexity index is 454. The minimum Gasteiger partial charge on any atom is -0.481 e. The average molecular weight is 265 g/mol. The number of piperidine rings is 1. The van der Waals surface area contributed by atoms with Crippen molar-refractivity contribution in [1.82, 2.24) is 4.90 Å². The van der Waals surface area contributed by atoms with E-state index in [9.17, 15) is 14.4 Å². The van der Waals surface area contributed by atoms with Crippen molar-refractivity contribution in [3.63, 3.8) is 0 Å². The maximum absolute atomic E-state index is 12.2. The van der Waals surface area contributed by atoms with Crippen LogP contribution < -0.4 is 0 Å². The van der Waals surface area contributed by atoms with Crippen molar-refractivity contribution in [3.05, 3.63) is 0 Å². The van der Waals surface area contributed by atoms with Gasteiger partial charge in [-0.05, 0) is 23.7 Å². The number of amides is 2. The lowest BCUT2D eigenvalue weighted by Crippen LogP contribution is -2.48. The van der Waals surface area contributed by atoms with Crippen LogP contribution in [0.1, 0.15) is 39.5 Å². The smallest absolute Gasteiger partial charge is 0.303 e. The largest absolute Gasteiger partial charge is 0.481 e. The zero-order chi connectivity index (χ0) is 14.0. The summed E-state index contributed by atoms with van der Waals surface area (Å²) in [6.07, 6.45) is 2.65. The molecule has 0 bridgehead atoms. The van der Waals surface area contributed by atoms with Crippen molar-refractivity contribution in [2.45, 2.75) is 39.5 Å².